The van der Waals surface area contributed by atoms with Gasteiger partial charge in [0.05, 0.1) is 12.2 Å². The summed E-state index contributed by atoms with van der Waals surface area (Å²) in [5.41, 5.74) is 1.12. The van der Waals surface area contributed by atoms with E-state index >= 15 is 0 Å². The first-order valence-electron chi connectivity index (χ1n) is 5.56. The van der Waals surface area contributed by atoms with Crippen molar-refractivity contribution in [1.82, 2.24) is 15.2 Å². The molecule has 1 saturated carbocycles. The van der Waals surface area contributed by atoms with Crippen molar-refractivity contribution in [2.45, 2.75) is 32.0 Å². The van der Waals surface area contributed by atoms with Crippen molar-refractivity contribution < 1.29 is 0 Å². The van der Waals surface area contributed by atoms with Crippen LogP contribution >= 0.6 is 11.3 Å². The molecule has 0 saturated heterocycles. The number of hydrogen-bond donors (Lipinski definition) is 1. The van der Waals surface area contributed by atoms with Gasteiger partial charge in [0.15, 0.2) is 0 Å². The average molecular weight is 235 g/mol. The lowest BCUT2D eigenvalue weighted by Crippen LogP contribution is -2.18. The van der Waals surface area contributed by atoms with Crippen LogP contribution in [0.3, 0.4) is 0 Å². The highest BCUT2D eigenvalue weighted by molar-refractivity contribution is 7.09. The first kappa shape index (κ1) is 11.6. The van der Waals surface area contributed by atoms with Gasteiger partial charge in [-0.1, -0.05) is 5.92 Å². The number of rotatable bonds is 6. The lowest BCUT2D eigenvalue weighted by molar-refractivity contribution is 0.364. The zero-order chi connectivity index (χ0) is 11.4. The van der Waals surface area contributed by atoms with Gasteiger partial charge in [-0.2, -0.15) is 0 Å². The van der Waals surface area contributed by atoms with Crippen LogP contribution in [0.2, 0.25) is 0 Å². The minimum Gasteiger partial charge on any atom is -0.308 e. The summed E-state index contributed by atoms with van der Waals surface area (Å²) in [6, 6.07) is 0.747. The molecule has 1 N–H and O–H groups in total. The van der Waals surface area contributed by atoms with Crippen LogP contribution in [0.1, 0.15) is 23.5 Å². The van der Waals surface area contributed by atoms with Crippen molar-refractivity contribution in [2.75, 3.05) is 13.6 Å². The zero-order valence-corrected chi connectivity index (χ0v) is 10.4. The van der Waals surface area contributed by atoms with Crippen LogP contribution in [0, 0.1) is 12.3 Å². The normalized spacial score (nSPS) is 15.3. The molecule has 0 aromatic carbocycles. The standard InChI is InChI=1S/C12H17N3S/c1-3-6-15(2)8-11-9-16-12(14-11)7-13-10-4-5-10/h1,9-10,13H,4-8H2,2H3. The van der Waals surface area contributed by atoms with E-state index in [1.807, 2.05) is 7.05 Å². The molecule has 4 heteroatoms. The molecule has 0 spiro atoms. The third kappa shape index (κ3) is 3.60. The molecule has 0 amide bonds. The van der Waals surface area contributed by atoms with Crippen LogP contribution in [-0.2, 0) is 13.1 Å². The van der Waals surface area contributed by atoms with Gasteiger partial charge >= 0.3 is 0 Å². The van der Waals surface area contributed by atoms with E-state index in [0.717, 1.165) is 24.8 Å². The summed E-state index contributed by atoms with van der Waals surface area (Å²) in [5, 5.41) is 6.77. The predicted octanol–water partition coefficient (Wildman–Crippen LogP) is 1.46. The van der Waals surface area contributed by atoms with E-state index < -0.39 is 0 Å². The summed E-state index contributed by atoms with van der Waals surface area (Å²) >= 11 is 1.73. The molecule has 3 nitrogen and oxygen atoms in total. The molecule has 1 aliphatic rings. The smallest absolute Gasteiger partial charge is 0.107 e. The Morgan fingerprint density at radius 2 is 2.50 bits per heavy atom. The maximum atomic E-state index is 5.26. The van der Waals surface area contributed by atoms with Gasteiger partial charge in [0.1, 0.15) is 5.01 Å². The van der Waals surface area contributed by atoms with Crippen LogP contribution < -0.4 is 5.32 Å². The molecule has 0 bridgehead atoms. The van der Waals surface area contributed by atoms with Gasteiger partial charge < -0.3 is 5.32 Å². The molecule has 16 heavy (non-hydrogen) atoms. The molecule has 1 heterocycles. The quantitative estimate of drug-likeness (QED) is 0.757. The molecule has 0 radical (unpaired) electrons. The molecule has 0 atom stereocenters. The molecular formula is C12H17N3S. The minimum absolute atomic E-state index is 0.674. The summed E-state index contributed by atoms with van der Waals surface area (Å²) < 4.78 is 0. The number of nitrogens with zero attached hydrogens (tertiary/aromatic N) is 2. The van der Waals surface area contributed by atoms with Gasteiger partial charge in [-0.3, -0.25) is 4.90 Å². The Labute approximate surface area is 101 Å². The number of hydrogen-bond acceptors (Lipinski definition) is 4. The van der Waals surface area contributed by atoms with E-state index in [4.69, 9.17) is 6.42 Å². The van der Waals surface area contributed by atoms with Crippen LogP contribution in [0.5, 0.6) is 0 Å². The fourth-order valence-corrected chi connectivity index (χ4v) is 2.25. The molecule has 1 fully saturated rings. The van der Waals surface area contributed by atoms with E-state index in [1.54, 1.807) is 11.3 Å². The summed E-state index contributed by atoms with van der Waals surface area (Å²) in [6.45, 7) is 2.42. The molecular weight excluding hydrogens is 218 g/mol. The van der Waals surface area contributed by atoms with E-state index in [0.29, 0.717) is 6.54 Å². The van der Waals surface area contributed by atoms with Gasteiger partial charge in [0.25, 0.3) is 0 Å². The Morgan fingerprint density at radius 1 is 1.69 bits per heavy atom. The highest BCUT2D eigenvalue weighted by atomic mass is 32.1. The van der Waals surface area contributed by atoms with Crippen LogP contribution in [0.4, 0.5) is 0 Å². The highest BCUT2D eigenvalue weighted by Gasteiger charge is 2.20. The lowest BCUT2D eigenvalue weighted by Gasteiger charge is -2.10. The third-order valence-corrected chi connectivity index (χ3v) is 3.41. The molecule has 1 aromatic heterocycles. The van der Waals surface area contributed by atoms with Crippen molar-refractivity contribution in [1.29, 1.82) is 0 Å². The topological polar surface area (TPSA) is 28.2 Å². The second-order valence-corrected chi connectivity index (χ2v) is 5.21. The number of aromatic nitrogens is 1. The second-order valence-electron chi connectivity index (χ2n) is 4.26. The van der Waals surface area contributed by atoms with Crippen molar-refractivity contribution >= 4 is 11.3 Å². The maximum Gasteiger partial charge on any atom is 0.107 e. The highest BCUT2D eigenvalue weighted by Crippen LogP contribution is 2.20. The molecule has 1 aromatic rings. The van der Waals surface area contributed by atoms with Gasteiger partial charge in [-0.25, -0.2) is 4.98 Å². The largest absolute Gasteiger partial charge is 0.308 e. The van der Waals surface area contributed by atoms with Crippen molar-refractivity contribution in [2.24, 2.45) is 0 Å². The minimum atomic E-state index is 0.674. The van der Waals surface area contributed by atoms with Gasteiger partial charge in [-0.15, -0.1) is 17.8 Å². The van der Waals surface area contributed by atoms with Crippen LogP contribution in [0.15, 0.2) is 5.38 Å². The van der Waals surface area contributed by atoms with Gasteiger partial charge in [-0.05, 0) is 19.9 Å². The summed E-state index contributed by atoms with van der Waals surface area (Å²) in [4.78, 5) is 6.67. The molecule has 0 aliphatic heterocycles. The van der Waals surface area contributed by atoms with E-state index in [-0.39, 0.29) is 0 Å². The Morgan fingerprint density at radius 3 is 3.19 bits per heavy atom. The van der Waals surface area contributed by atoms with Gasteiger partial charge in [0.2, 0.25) is 0 Å². The maximum absolute atomic E-state index is 5.26. The Bertz CT molecular complexity index is 376. The molecule has 86 valence electrons. The van der Waals surface area contributed by atoms with Crippen molar-refractivity contribution in [3.05, 3.63) is 16.1 Å². The third-order valence-electron chi connectivity index (χ3n) is 2.51. The monoisotopic (exact) mass is 235 g/mol. The van der Waals surface area contributed by atoms with Crippen molar-refractivity contribution in [3.8, 4) is 12.3 Å². The first-order chi connectivity index (χ1) is 7.78. The fourth-order valence-electron chi connectivity index (χ4n) is 1.51. The van der Waals surface area contributed by atoms with Gasteiger partial charge in [0, 0.05) is 24.5 Å². The predicted molar refractivity (Wildman–Crippen MR) is 67.1 cm³/mol. The van der Waals surface area contributed by atoms with E-state index in [2.05, 4.69) is 26.5 Å². The molecule has 1 aliphatic carbocycles. The first-order valence-corrected chi connectivity index (χ1v) is 6.44. The van der Waals surface area contributed by atoms with E-state index in [9.17, 15) is 0 Å². The summed E-state index contributed by atoms with van der Waals surface area (Å²) in [7, 11) is 2.02. The summed E-state index contributed by atoms with van der Waals surface area (Å²) in [6.07, 6.45) is 7.90. The average Bonchev–Trinajstić information content (AvgIpc) is 2.98. The molecule has 0 unspecified atom stereocenters. The molecule has 2 rings (SSSR count). The summed E-state index contributed by atoms with van der Waals surface area (Å²) in [5.74, 6) is 2.63. The SMILES string of the molecule is C#CCN(C)Cc1csc(CNC2CC2)n1. The Balaban J connectivity index is 1.79. The lowest BCUT2D eigenvalue weighted by atomic mass is 10.4. The fraction of sp³-hybridized carbons (Fsp3) is 0.583. The number of nitrogens with one attached hydrogen (secondary N) is 1. The van der Waals surface area contributed by atoms with Crippen LogP contribution in [-0.4, -0.2) is 29.5 Å². The van der Waals surface area contributed by atoms with E-state index in [1.165, 1.54) is 17.8 Å². The zero-order valence-electron chi connectivity index (χ0n) is 9.57. The van der Waals surface area contributed by atoms with Crippen molar-refractivity contribution in [3.63, 3.8) is 0 Å². The Hall–Kier alpha value is -0.890. The van der Waals surface area contributed by atoms with Crippen LogP contribution in [0.25, 0.3) is 0 Å². The second kappa shape index (κ2) is 5.44. The Kier molecular flexibility index (Phi) is 3.94. The number of thiazole rings is 1. The number of terminal acetylenes is 1.